The zero-order valence-electron chi connectivity index (χ0n) is 8.61. The van der Waals surface area contributed by atoms with Crippen LogP contribution in [0.3, 0.4) is 0 Å². The Kier molecular flexibility index (Phi) is 1.65. The fourth-order valence-corrected chi connectivity index (χ4v) is 1.62. The van der Waals surface area contributed by atoms with E-state index in [1.807, 2.05) is 26.0 Å². The van der Waals surface area contributed by atoms with Crippen molar-refractivity contribution in [3.8, 4) is 11.5 Å². The third-order valence-electron chi connectivity index (χ3n) is 2.41. The zero-order chi connectivity index (χ0) is 10.4. The smallest absolute Gasteiger partial charge is 0.231 e. The minimum Gasteiger partial charge on any atom is -0.453 e. The van der Waals surface area contributed by atoms with Crippen molar-refractivity contribution in [2.75, 3.05) is 6.79 Å². The van der Waals surface area contributed by atoms with Gasteiger partial charge in [-0.05, 0) is 12.1 Å². The molecule has 0 bridgehead atoms. The van der Waals surface area contributed by atoms with Gasteiger partial charge in [-0.2, -0.15) is 0 Å². The van der Waals surface area contributed by atoms with Crippen molar-refractivity contribution >= 4 is 11.1 Å². The fraction of sp³-hybridized carbons (Fsp3) is 0.364. The monoisotopic (exact) mass is 205 g/mol. The first kappa shape index (κ1) is 8.59. The number of benzene rings is 1. The minimum atomic E-state index is 0.262. The maximum Gasteiger partial charge on any atom is 0.231 e. The summed E-state index contributed by atoms with van der Waals surface area (Å²) < 4.78 is 16.2. The van der Waals surface area contributed by atoms with Crippen molar-refractivity contribution in [2.45, 2.75) is 19.8 Å². The standard InChI is InChI=1S/C11H11NO3/c1-6(2)11-12-9-7(15-11)3-4-8-10(9)14-5-13-8/h3-4,6H,5H2,1-2H3. The van der Waals surface area contributed by atoms with E-state index < -0.39 is 0 Å². The number of hydrogen-bond donors (Lipinski definition) is 0. The van der Waals surface area contributed by atoms with Crippen LogP contribution in [0, 0.1) is 0 Å². The van der Waals surface area contributed by atoms with E-state index in [2.05, 4.69) is 4.98 Å². The van der Waals surface area contributed by atoms with Gasteiger partial charge in [0.1, 0.15) is 0 Å². The molecule has 2 heterocycles. The molecule has 0 aliphatic carbocycles. The second kappa shape index (κ2) is 2.89. The maximum atomic E-state index is 5.61. The number of nitrogens with zero attached hydrogens (tertiary/aromatic N) is 1. The Morgan fingerprint density at radius 2 is 2.13 bits per heavy atom. The normalized spacial score (nSPS) is 14.1. The van der Waals surface area contributed by atoms with E-state index in [-0.39, 0.29) is 12.7 Å². The van der Waals surface area contributed by atoms with Crippen LogP contribution in [0.4, 0.5) is 0 Å². The maximum absolute atomic E-state index is 5.61. The molecule has 78 valence electrons. The predicted octanol–water partition coefficient (Wildman–Crippen LogP) is 2.68. The molecule has 0 amide bonds. The number of fused-ring (bicyclic) bond motifs is 3. The highest BCUT2D eigenvalue weighted by atomic mass is 16.7. The molecule has 2 aromatic rings. The van der Waals surface area contributed by atoms with Crippen LogP contribution >= 0.6 is 0 Å². The van der Waals surface area contributed by atoms with E-state index >= 15 is 0 Å². The average Bonchev–Trinajstić information content (AvgIpc) is 2.82. The molecule has 0 saturated heterocycles. The highest BCUT2D eigenvalue weighted by molar-refractivity contribution is 5.83. The Bertz CT molecular complexity index is 516. The van der Waals surface area contributed by atoms with Crippen LogP contribution in [0.1, 0.15) is 25.7 Å². The van der Waals surface area contributed by atoms with Crippen molar-refractivity contribution in [3.63, 3.8) is 0 Å². The van der Waals surface area contributed by atoms with Crippen molar-refractivity contribution in [3.05, 3.63) is 18.0 Å². The number of rotatable bonds is 1. The van der Waals surface area contributed by atoms with Gasteiger partial charge in [-0.1, -0.05) is 13.8 Å². The van der Waals surface area contributed by atoms with Gasteiger partial charge in [-0.3, -0.25) is 0 Å². The summed E-state index contributed by atoms with van der Waals surface area (Å²) in [7, 11) is 0. The lowest BCUT2D eigenvalue weighted by atomic mass is 10.2. The van der Waals surface area contributed by atoms with Crippen LogP contribution in [-0.2, 0) is 0 Å². The summed E-state index contributed by atoms with van der Waals surface area (Å²) in [6.07, 6.45) is 0. The molecule has 1 aromatic heterocycles. The van der Waals surface area contributed by atoms with Gasteiger partial charge >= 0.3 is 0 Å². The molecule has 1 aliphatic heterocycles. The molecule has 0 N–H and O–H groups in total. The van der Waals surface area contributed by atoms with Crippen molar-refractivity contribution in [2.24, 2.45) is 0 Å². The zero-order valence-corrected chi connectivity index (χ0v) is 8.61. The molecule has 4 nitrogen and oxygen atoms in total. The summed E-state index contributed by atoms with van der Waals surface area (Å²) >= 11 is 0. The Balaban J connectivity index is 2.27. The highest BCUT2D eigenvalue weighted by Gasteiger charge is 2.21. The van der Waals surface area contributed by atoms with Crippen LogP contribution in [0.15, 0.2) is 16.5 Å². The highest BCUT2D eigenvalue weighted by Crippen LogP contribution is 2.39. The Morgan fingerprint density at radius 1 is 1.27 bits per heavy atom. The van der Waals surface area contributed by atoms with Gasteiger partial charge in [-0.15, -0.1) is 0 Å². The molecule has 1 aromatic carbocycles. The van der Waals surface area contributed by atoms with Gasteiger partial charge in [0.05, 0.1) is 0 Å². The average molecular weight is 205 g/mol. The van der Waals surface area contributed by atoms with E-state index in [9.17, 15) is 0 Å². The second-order valence-electron chi connectivity index (χ2n) is 3.85. The summed E-state index contributed by atoms with van der Waals surface area (Å²) in [5.74, 6) is 2.44. The Labute approximate surface area is 86.8 Å². The summed E-state index contributed by atoms with van der Waals surface area (Å²) in [6, 6.07) is 3.71. The first-order valence-corrected chi connectivity index (χ1v) is 4.95. The molecule has 0 spiro atoms. The molecular formula is C11H11NO3. The van der Waals surface area contributed by atoms with Gasteiger partial charge in [0.2, 0.25) is 6.79 Å². The molecule has 1 aliphatic rings. The molecule has 0 atom stereocenters. The van der Waals surface area contributed by atoms with E-state index in [1.165, 1.54) is 0 Å². The molecule has 0 saturated carbocycles. The lowest BCUT2D eigenvalue weighted by molar-refractivity contribution is 0.174. The largest absolute Gasteiger partial charge is 0.453 e. The number of hydrogen-bond acceptors (Lipinski definition) is 4. The van der Waals surface area contributed by atoms with E-state index in [0.29, 0.717) is 5.75 Å². The molecule has 3 rings (SSSR count). The van der Waals surface area contributed by atoms with E-state index in [4.69, 9.17) is 13.9 Å². The number of oxazole rings is 1. The van der Waals surface area contributed by atoms with Gasteiger partial charge in [0.25, 0.3) is 0 Å². The summed E-state index contributed by atoms with van der Waals surface area (Å²) in [5, 5.41) is 0. The fourth-order valence-electron chi connectivity index (χ4n) is 1.62. The van der Waals surface area contributed by atoms with Gasteiger partial charge in [-0.25, -0.2) is 4.98 Å². The van der Waals surface area contributed by atoms with Gasteiger partial charge in [0, 0.05) is 5.92 Å². The Morgan fingerprint density at radius 3 is 2.93 bits per heavy atom. The summed E-state index contributed by atoms with van der Waals surface area (Å²) in [4.78, 5) is 4.41. The van der Waals surface area contributed by atoms with Crippen molar-refractivity contribution in [1.82, 2.24) is 4.98 Å². The summed E-state index contributed by atoms with van der Waals surface area (Å²) in [6.45, 7) is 4.35. The predicted molar refractivity (Wildman–Crippen MR) is 54.2 cm³/mol. The van der Waals surface area contributed by atoms with Crippen LogP contribution in [-0.4, -0.2) is 11.8 Å². The van der Waals surface area contributed by atoms with Crippen molar-refractivity contribution in [1.29, 1.82) is 0 Å². The SMILES string of the molecule is CC(C)c1nc2c3c(ccc2o1)OCO3. The van der Waals surface area contributed by atoms with Crippen LogP contribution in [0.5, 0.6) is 11.5 Å². The van der Waals surface area contributed by atoms with Crippen LogP contribution in [0.2, 0.25) is 0 Å². The number of aromatic nitrogens is 1. The lowest BCUT2D eigenvalue weighted by Gasteiger charge is -1.93. The molecule has 0 radical (unpaired) electrons. The quantitative estimate of drug-likeness (QED) is 0.718. The van der Waals surface area contributed by atoms with Crippen LogP contribution in [0.25, 0.3) is 11.1 Å². The lowest BCUT2D eigenvalue weighted by Crippen LogP contribution is -1.93. The van der Waals surface area contributed by atoms with Crippen molar-refractivity contribution < 1.29 is 13.9 Å². The summed E-state index contributed by atoms with van der Waals surface area (Å²) in [5.41, 5.74) is 1.51. The van der Waals surface area contributed by atoms with Gasteiger partial charge in [0.15, 0.2) is 28.5 Å². The third-order valence-corrected chi connectivity index (χ3v) is 2.41. The topological polar surface area (TPSA) is 44.5 Å². The van der Waals surface area contributed by atoms with E-state index in [0.717, 1.165) is 22.7 Å². The second-order valence-corrected chi connectivity index (χ2v) is 3.85. The number of ether oxygens (including phenoxy) is 2. The molecule has 0 unspecified atom stereocenters. The van der Waals surface area contributed by atoms with Gasteiger partial charge < -0.3 is 13.9 Å². The minimum absolute atomic E-state index is 0.262. The third kappa shape index (κ3) is 1.17. The first-order chi connectivity index (χ1) is 7.25. The first-order valence-electron chi connectivity index (χ1n) is 4.95. The van der Waals surface area contributed by atoms with Crippen LogP contribution < -0.4 is 9.47 Å². The molecule has 0 fully saturated rings. The molecule has 4 heteroatoms. The Hall–Kier alpha value is -1.71. The molecular weight excluding hydrogens is 194 g/mol. The molecule has 15 heavy (non-hydrogen) atoms. The van der Waals surface area contributed by atoms with E-state index in [1.54, 1.807) is 0 Å².